The van der Waals surface area contributed by atoms with Crippen LogP contribution >= 0.6 is 0 Å². The zero-order valence-electron chi connectivity index (χ0n) is 44.9. The minimum Gasteiger partial charge on any atom is -0.544 e. The van der Waals surface area contributed by atoms with Crippen molar-refractivity contribution in [3.8, 4) is 0 Å². The number of esters is 2. The number of carbonyl (C=O) groups is 3. The van der Waals surface area contributed by atoms with E-state index in [-0.39, 0.29) is 49.1 Å². The first-order valence-corrected chi connectivity index (χ1v) is 27.8. The van der Waals surface area contributed by atoms with Gasteiger partial charge in [0.05, 0.1) is 40.3 Å². The van der Waals surface area contributed by atoms with Gasteiger partial charge < -0.3 is 28.6 Å². The van der Waals surface area contributed by atoms with Crippen molar-refractivity contribution in [1.82, 2.24) is 0 Å². The molecular weight excluding hydrogens is 859 g/mol. The third kappa shape index (κ3) is 49.0. The molecule has 0 radical (unpaired) electrons. The Labute approximate surface area is 424 Å². The number of carbonyl (C=O) groups excluding carboxylic acids is 3. The van der Waals surface area contributed by atoms with Crippen molar-refractivity contribution in [1.29, 1.82) is 0 Å². The van der Waals surface area contributed by atoms with Gasteiger partial charge in [-0.05, 0) is 89.9 Å². The van der Waals surface area contributed by atoms with Gasteiger partial charge in [0.25, 0.3) is 0 Å². The first-order valence-electron chi connectivity index (χ1n) is 27.8. The minimum atomic E-state index is -1.14. The maximum absolute atomic E-state index is 12.8. The van der Waals surface area contributed by atoms with E-state index in [1.165, 1.54) is 109 Å². The van der Waals surface area contributed by atoms with Crippen LogP contribution in [0.25, 0.3) is 0 Å². The van der Waals surface area contributed by atoms with E-state index in [1.54, 1.807) is 21.1 Å². The van der Waals surface area contributed by atoms with Crippen molar-refractivity contribution in [2.75, 3.05) is 41.0 Å². The molecule has 0 aliphatic heterocycles. The Morgan fingerprint density at radius 1 is 0.449 bits per heavy atom. The van der Waals surface area contributed by atoms with Crippen LogP contribution < -0.4 is 5.11 Å². The van der Waals surface area contributed by atoms with E-state index in [4.69, 9.17) is 14.2 Å². The summed E-state index contributed by atoms with van der Waals surface area (Å²) in [5, 5.41) is 11.7. The van der Waals surface area contributed by atoms with Crippen LogP contribution in [-0.4, -0.2) is 75.5 Å². The van der Waals surface area contributed by atoms with Crippen molar-refractivity contribution >= 4 is 17.9 Å². The van der Waals surface area contributed by atoms with Crippen LogP contribution in [0.1, 0.15) is 219 Å². The lowest BCUT2D eigenvalue weighted by atomic mass is 10.0. The molecule has 0 amide bonds. The second-order valence-corrected chi connectivity index (χ2v) is 19.4. The predicted octanol–water partition coefficient (Wildman–Crippen LogP) is 15.3. The zero-order chi connectivity index (χ0) is 50.6. The standard InChI is InChI=1S/C61H103NO7/c1-6-8-10-12-14-16-18-20-22-24-26-28-30-32-34-36-38-40-42-44-46-48-50-52-60(64)69-57(55-67-54-53-58(61(65)66)62(3,4)5)56-68-59(63)51-49-47-45-43-41-39-37-35-33-31-29-27-25-23-21-19-17-15-13-11-9-7-2/h8,10,14,16,20,22,26,28,31-34,38,40,44,46,57-58H,6-7,9,11-13,15,17-19,21,23-25,27,29-30,35-37,39,41-43,45,47-56H2,1-5H3/b10-8+,16-14+,22-20+,28-26+,33-31+,34-32+,40-38+,46-44+. The smallest absolute Gasteiger partial charge is 0.306 e. The molecule has 0 spiro atoms. The number of hydrogen-bond donors (Lipinski definition) is 0. The molecule has 0 N–H and O–H groups in total. The molecule has 0 aromatic rings. The number of allylic oxidation sites excluding steroid dienone is 16. The summed E-state index contributed by atoms with van der Waals surface area (Å²) in [4.78, 5) is 37.1. The molecule has 394 valence electrons. The number of rotatable bonds is 49. The highest BCUT2D eigenvalue weighted by Crippen LogP contribution is 2.15. The number of unbranched alkanes of at least 4 members (excludes halogenated alkanes) is 19. The fourth-order valence-corrected chi connectivity index (χ4v) is 7.70. The zero-order valence-corrected chi connectivity index (χ0v) is 44.9. The molecule has 0 aromatic heterocycles. The van der Waals surface area contributed by atoms with Crippen molar-refractivity contribution in [2.45, 2.75) is 231 Å². The molecule has 0 aromatic carbocycles. The van der Waals surface area contributed by atoms with E-state index in [1.807, 2.05) is 0 Å². The first-order chi connectivity index (χ1) is 33.6. The summed E-state index contributed by atoms with van der Waals surface area (Å²) in [5.74, 6) is -1.82. The molecule has 0 aliphatic rings. The highest BCUT2D eigenvalue weighted by atomic mass is 16.6. The van der Waals surface area contributed by atoms with E-state index in [2.05, 4.69) is 111 Å². The van der Waals surface area contributed by atoms with Crippen LogP contribution in [0.15, 0.2) is 97.2 Å². The van der Waals surface area contributed by atoms with E-state index < -0.39 is 18.1 Å². The van der Waals surface area contributed by atoms with Crippen LogP contribution in [0, 0.1) is 0 Å². The Morgan fingerprint density at radius 2 is 0.826 bits per heavy atom. The number of hydrogen-bond acceptors (Lipinski definition) is 7. The Hall–Kier alpha value is -3.75. The van der Waals surface area contributed by atoms with E-state index >= 15 is 0 Å². The molecule has 0 aliphatic carbocycles. The fourth-order valence-electron chi connectivity index (χ4n) is 7.70. The molecule has 0 heterocycles. The molecule has 0 saturated carbocycles. The predicted molar refractivity (Wildman–Crippen MR) is 291 cm³/mol. The molecule has 0 saturated heterocycles. The Kier molecular flexibility index (Phi) is 47.9. The van der Waals surface area contributed by atoms with Crippen molar-refractivity contribution in [3.63, 3.8) is 0 Å². The topological polar surface area (TPSA) is 102 Å². The van der Waals surface area contributed by atoms with Gasteiger partial charge in [0.15, 0.2) is 6.10 Å². The molecule has 8 nitrogen and oxygen atoms in total. The van der Waals surface area contributed by atoms with Gasteiger partial charge >= 0.3 is 11.9 Å². The van der Waals surface area contributed by atoms with Crippen LogP contribution in [-0.2, 0) is 28.6 Å². The van der Waals surface area contributed by atoms with Crippen LogP contribution in [0.5, 0.6) is 0 Å². The molecule has 0 fully saturated rings. The van der Waals surface area contributed by atoms with Gasteiger partial charge in [-0.15, -0.1) is 0 Å². The van der Waals surface area contributed by atoms with Gasteiger partial charge in [0, 0.05) is 19.3 Å². The van der Waals surface area contributed by atoms with Gasteiger partial charge in [-0.1, -0.05) is 207 Å². The molecule has 69 heavy (non-hydrogen) atoms. The maximum Gasteiger partial charge on any atom is 0.306 e. The van der Waals surface area contributed by atoms with Crippen LogP contribution in [0.4, 0.5) is 0 Å². The van der Waals surface area contributed by atoms with Gasteiger partial charge in [0.2, 0.25) is 0 Å². The largest absolute Gasteiger partial charge is 0.544 e. The third-order valence-corrected chi connectivity index (χ3v) is 12.0. The number of carboxylic acids is 1. The average Bonchev–Trinajstić information content (AvgIpc) is 3.31. The Bertz CT molecular complexity index is 1450. The number of nitrogens with zero attached hydrogens (tertiary/aromatic N) is 1. The fraction of sp³-hybridized carbons (Fsp3) is 0.689. The number of carboxylic acid groups (broad SMARTS) is 1. The normalized spacial score (nSPS) is 13.6. The minimum absolute atomic E-state index is 0.0109. The molecule has 2 unspecified atom stereocenters. The summed E-state index contributed by atoms with van der Waals surface area (Å²) in [6.45, 7) is 4.49. The second kappa shape index (κ2) is 50.6. The summed E-state index contributed by atoms with van der Waals surface area (Å²) in [6, 6.07) is -0.743. The van der Waals surface area contributed by atoms with Gasteiger partial charge in [0.1, 0.15) is 12.6 Å². The SMILES string of the molecule is CC/C=C/C/C=C/C/C=C/C/C=C/C/C=C/C/C=C/C/C=C/CCCC(=O)OC(COCCC(C(=O)[O-])[N+](C)(C)C)COC(=O)CCCCCCCCC/C=C/CCCCCCCCCCCCC. The molecule has 0 bridgehead atoms. The average molecular weight is 962 g/mol. The summed E-state index contributed by atoms with van der Waals surface area (Å²) >= 11 is 0. The number of likely N-dealkylation sites (N-methyl/N-ethyl adjacent to an activating group) is 1. The van der Waals surface area contributed by atoms with Crippen molar-refractivity contribution in [2.24, 2.45) is 0 Å². The summed E-state index contributed by atoms with van der Waals surface area (Å²) in [7, 11) is 5.39. The van der Waals surface area contributed by atoms with Gasteiger partial charge in [-0.2, -0.15) is 0 Å². The van der Waals surface area contributed by atoms with Gasteiger partial charge in [-0.25, -0.2) is 0 Å². The molecule has 2 atom stereocenters. The monoisotopic (exact) mass is 962 g/mol. The maximum atomic E-state index is 12.8. The highest BCUT2D eigenvalue weighted by Gasteiger charge is 2.25. The van der Waals surface area contributed by atoms with Crippen molar-refractivity contribution in [3.05, 3.63) is 97.2 Å². The lowest BCUT2D eigenvalue weighted by Gasteiger charge is -2.34. The lowest BCUT2D eigenvalue weighted by Crippen LogP contribution is -2.55. The molecule has 0 rings (SSSR count). The van der Waals surface area contributed by atoms with E-state index in [0.29, 0.717) is 12.8 Å². The summed E-state index contributed by atoms with van der Waals surface area (Å²) in [6.07, 6.45) is 68.9. The lowest BCUT2D eigenvalue weighted by molar-refractivity contribution is -0.889. The van der Waals surface area contributed by atoms with E-state index in [0.717, 1.165) is 70.6 Å². The quantitative estimate of drug-likeness (QED) is 0.0259. The molecule has 8 heteroatoms. The van der Waals surface area contributed by atoms with Gasteiger partial charge in [-0.3, -0.25) is 9.59 Å². The van der Waals surface area contributed by atoms with Crippen LogP contribution in [0.3, 0.4) is 0 Å². The first kappa shape index (κ1) is 65.2. The highest BCUT2D eigenvalue weighted by molar-refractivity contribution is 5.70. The third-order valence-electron chi connectivity index (χ3n) is 12.0. The van der Waals surface area contributed by atoms with E-state index in [9.17, 15) is 19.5 Å². The number of quaternary nitrogens is 1. The second-order valence-electron chi connectivity index (χ2n) is 19.4. The molecular formula is C61H103NO7. The summed E-state index contributed by atoms with van der Waals surface area (Å²) < 4.78 is 17.2. The Morgan fingerprint density at radius 3 is 1.26 bits per heavy atom. The summed E-state index contributed by atoms with van der Waals surface area (Å²) in [5.41, 5.74) is 0. The van der Waals surface area contributed by atoms with Crippen molar-refractivity contribution < 1.29 is 38.2 Å². The van der Waals surface area contributed by atoms with Crippen LogP contribution in [0.2, 0.25) is 0 Å². The number of ether oxygens (including phenoxy) is 3. The number of aliphatic carboxylic acids is 1. The Balaban J connectivity index is 4.33.